The Hall–Kier alpha value is -3.28. The van der Waals surface area contributed by atoms with E-state index >= 15 is 0 Å². The van der Waals surface area contributed by atoms with Crippen LogP contribution in [-0.2, 0) is 0 Å². The van der Waals surface area contributed by atoms with Crippen LogP contribution >= 0.6 is 11.0 Å². The quantitative estimate of drug-likeness (QED) is 0.473. The third kappa shape index (κ3) is 3.97. The zero-order chi connectivity index (χ0) is 22.3. The predicted octanol–water partition coefficient (Wildman–Crippen LogP) is 2.98. The van der Waals surface area contributed by atoms with Gasteiger partial charge in [0.05, 0.1) is 17.9 Å². The van der Waals surface area contributed by atoms with E-state index in [1.54, 1.807) is 30.5 Å². The largest absolute Gasteiger partial charge is 0.492 e. The van der Waals surface area contributed by atoms with Crippen LogP contribution in [0.3, 0.4) is 0 Å². The molecule has 168 valence electrons. The number of benzene rings is 1. The highest BCUT2D eigenvalue weighted by molar-refractivity contribution is 8.24. The van der Waals surface area contributed by atoms with Crippen LogP contribution in [0.15, 0.2) is 53.3 Å². The molecule has 1 amide bonds. The van der Waals surface area contributed by atoms with Gasteiger partial charge in [0.25, 0.3) is 5.91 Å². The van der Waals surface area contributed by atoms with Crippen molar-refractivity contribution in [2.75, 3.05) is 24.4 Å². The average molecular weight is 457 g/mol. The van der Waals surface area contributed by atoms with Gasteiger partial charge in [0, 0.05) is 43.2 Å². The molecule has 2 aromatic heterocycles. The van der Waals surface area contributed by atoms with Crippen LogP contribution in [0.1, 0.15) is 28.8 Å². The first-order chi connectivity index (χ1) is 15.4. The molecule has 0 aliphatic carbocycles. The minimum atomic E-state index is -3.34. The number of amidine groups is 1. The van der Waals surface area contributed by atoms with Crippen LogP contribution in [0, 0.1) is 5.92 Å². The van der Waals surface area contributed by atoms with Crippen molar-refractivity contribution in [3.8, 4) is 5.75 Å². The zero-order valence-corrected chi connectivity index (χ0v) is 18.0. The Kier molecular flexibility index (Phi) is 5.16. The van der Waals surface area contributed by atoms with Crippen molar-refractivity contribution in [2.24, 2.45) is 16.0 Å². The number of nitrogens with zero attached hydrogens (tertiary/aromatic N) is 4. The summed E-state index contributed by atoms with van der Waals surface area (Å²) in [6.07, 6.45) is 7.23. The van der Waals surface area contributed by atoms with E-state index in [1.165, 1.54) is 0 Å². The van der Waals surface area contributed by atoms with Gasteiger partial charge in [-0.3, -0.25) is 18.6 Å². The number of nitrogens with one attached hydrogen (secondary N) is 1. The van der Waals surface area contributed by atoms with Crippen molar-refractivity contribution in [2.45, 2.75) is 12.8 Å². The molecule has 4 heterocycles. The molecule has 1 atom stereocenters. The topological polar surface area (TPSA) is 138 Å². The molecule has 0 saturated carbocycles. The summed E-state index contributed by atoms with van der Waals surface area (Å²) in [5, 5.41) is 0. The van der Waals surface area contributed by atoms with E-state index in [9.17, 15) is 13.9 Å². The molecule has 2 aliphatic heterocycles. The smallest absolute Gasteiger partial charge is 0.254 e. The molecule has 2 aliphatic rings. The molecule has 0 radical (unpaired) electrons. The van der Waals surface area contributed by atoms with Crippen LogP contribution in [0.25, 0.3) is 5.65 Å². The minimum absolute atomic E-state index is 0.0110. The van der Waals surface area contributed by atoms with Gasteiger partial charge in [-0.25, -0.2) is 4.98 Å². The average Bonchev–Trinajstić information content (AvgIpc) is 3.24. The fourth-order valence-corrected chi connectivity index (χ4v) is 5.05. The number of amides is 1. The van der Waals surface area contributed by atoms with E-state index in [4.69, 9.17) is 10.5 Å². The fourth-order valence-electron chi connectivity index (χ4n) is 4.17. The first kappa shape index (κ1) is 20.6. The van der Waals surface area contributed by atoms with Gasteiger partial charge in [0.1, 0.15) is 11.4 Å². The molecule has 3 aromatic rings. The Balaban J connectivity index is 1.27. The van der Waals surface area contributed by atoms with Gasteiger partial charge < -0.3 is 19.8 Å². The summed E-state index contributed by atoms with van der Waals surface area (Å²) in [5.41, 5.74) is 8.30. The van der Waals surface area contributed by atoms with Gasteiger partial charge in [-0.1, -0.05) is 6.07 Å². The maximum atomic E-state index is 13.0. The van der Waals surface area contributed by atoms with Crippen molar-refractivity contribution in [1.82, 2.24) is 14.3 Å². The Bertz CT molecular complexity index is 1210. The molecule has 5 N–H and O–H groups in total. The minimum Gasteiger partial charge on any atom is -0.492 e. The Morgan fingerprint density at radius 3 is 3.06 bits per heavy atom. The molecule has 0 bridgehead atoms. The van der Waals surface area contributed by atoms with Crippen LogP contribution in [0.5, 0.6) is 5.75 Å². The molecule has 10 nitrogen and oxygen atoms in total. The molecule has 32 heavy (non-hydrogen) atoms. The summed E-state index contributed by atoms with van der Waals surface area (Å²) < 4.78 is 33.9. The highest BCUT2D eigenvalue weighted by Crippen LogP contribution is 2.46. The number of carbonyl (C=O) groups excluding carboxylic acids is 1. The number of likely N-dealkylation sites (tertiary alicyclic amines) is 1. The van der Waals surface area contributed by atoms with Gasteiger partial charge in [0.2, 0.25) is 0 Å². The number of aromatic nitrogens is 2. The third-order valence-electron chi connectivity index (χ3n) is 5.68. The maximum Gasteiger partial charge on any atom is 0.254 e. The summed E-state index contributed by atoms with van der Waals surface area (Å²) in [5.74, 6) is 0.681. The normalized spacial score (nSPS) is 20.8. The van der Waals surface area contributed by atoms with Crippen molar-refractivity contribution >= 4 is 34.0 Å². The van der Waals surface area contributed by atoms with Crippen LogP contribution < -0.4 is 15.2 Å². The van der Waals surface area contributed by atoms with Crippen molar-refractivity contribution in [3.63, 3.8) is 0 Å². The number of piperidine rings is 1. The number of carbonyl (C=O) groups is 1. The Morgan fingerprint density at radius 2 is 2.19 bits per heavy atom. The summed E-state index contributed by atoms with van der Waals surface area (Å²) in [6.45, 7) is 1.70. The van der Waals surface area contributed by atoms with Crippen molar-refractivity contribution < 1.29 is 18.6 Å². The van der Waals surface area contributed by atoms with Gasteiger partial charge in [-0.2, -0.15) is 0 Å². The Morgan fingerprint density at radius 1 is 1.31 bits per heavy atom. The first-order valence-electron chi connectivity index (χ1n) is 10.3. The highest BCUT2D eigenvalue weighted by atomic mass is 32.3. The predicted molar refractivity (Wildman–Crippen MR) is 123 cm³/mol. The first-order valence-corrected chi connectivity index (χ1v) is 11.8. The van der Waals surface area contributed by atoms with Gasteiger partial charge in [0.15, 0.2) is 5.84 Å². The molecular formula is C21H24N6O4S. The number of hydrogen-bond acceptors (Lipinski definition) is 8. The lowest BCUT2D eigenvalue weighted by Crippen LogP contribution is -2.41. The monoisotopic (exact) mass is 456 g/mol. The highest BCUT2D eigenvalue weighted by Gasteiger charge is 2.28. The summed E-state index contributed by atoms with van der Waals surface area (Å²) in [4.78, 5) is 19.2. The number of fused-ring (bicyclic) bond motifs is 2. The van der Waals surface area contributed by atoms with E-state index in [1.807, 2.05) is 27.8 Å². The summed E-state index contributed by atoms with van der Waals surface area (Å²) >= 11 is 0. The van der Waals surface area contributed by atoms with E-state index in [0.29, 0.717) is 42.3 Å². The number of hydrogen-bond donors (Lipinski definition) is 4. The molecular weight excluding hydrogens is 432 g/mol. The van der Waals surface area contributed by atoms with Gasteiger partial charge >= 0.3 is 0 Å². The lowest BCUT2D eigenvalue weighted by atomic mass is 9.98. The second-order valence-corrected chi connectivity index (χ2v) is 9.38. The molecule has 0 spiro atoms. The third-order valence-corrected chi connectivity index (χ3v) is 6.63. The second-order valence-electron chi connectivity index (χ2n) is 7.95. The van der Waals surface area contributed by atoms with E-state index in [0.717, 1.165) is 18.5 Å². The lowest BCUT2D eigenvalue weighted by Gasteiger charge is -2.34. The Labute approximate surface area is 186 Å². The number of pyridine rings is 1. The van der Waals surface area contributed by atoms with Gasteiger partial charge in [-0.15, -0.1) is 4.40 Å². The molecule has 5 rings (SSSR count). The SMILES string of the molecule is NC1=NS(O)(O)Nc2cccc(OC[C@H]3CCCN(C(=O)c4ccn5ccnc5c4)C3)c21. The van der Waals surface area contributed by atoms with E-state index in [2.05, 4.69) is 14.1 Å². The molecule has 11 heteroatoms. The van der Waals surface area contributed by atoms with Crippen molar-refractivity contribution in [3.05, 3.63) is 60.0 Å². The molecule has 1 fully saturated rings. The second kappa shape index (κ2) is 8.01. The molecule has 0 unspecified atom stereocenters. The number of rotatable bonds is 4. The van der Waals surface area contributed by atoms with E-state index in [-0.39, 0.29) is 17.7 Å². The lowest BCUT2D eigenvalue weighted by molar-refractivity contribution is 0.0633. The maximum absolute atomic E-state index is 13.0. The zero-order valence-electron chi connectivity index (χ0n) is 17.2. The standard InChI is InChI=1S/C21H24N6O4S/c22-20-19-16(24-32(29,30)25-20)4-1-5-17(19)31-13-14-3-2-8-27(12-14)21(28)15-6-9-26-10-7-23-18(26)11-15/h1,4-7,9-11,14,24,29-30H,2-3,8,12-13H2,(H2,22,25)/t14-/m0/s1. The fraction of sp³-hybridized carbons (Fsp3) is 0.286. The number of imidazole rings is 1. The number of nitrogens with two attached hydrogens (primary N) is 1. The van der Waals surface area contributed by atoms with Gasteiger partial charge in [-0.05, 0) is 48.1 Å². The summed E-state index contributed by atoms with van der Waals surface area (Å²) in [7, 11) is -3.34. The van der Waals surface area contributed by atoms with Crippen LogP contribution in [0.2, 0.25) is 0 Å². The van der Waals surface area contributed by atoms with Crippen molar-refractivity contribution in [1.29, 1.82) is 0 Å². The number of ether oxygens (including phenoxy) is 1. The number of anilines is 1. The molecule has 1 aromatic carbocycles. The van der Waals surface area contributed by atoms with Crippen LogP contribution in [0.4, 0.5) is 5.69 Å². The van der Waals surface area contributed by atoms with E-state index < -0.39 is 11.0 Å². The summed E-state index contributed by atoms with van der Waals surface area (Å²) in [6, 6.07) is 8.82. The van der Waals surface area contributed by atoms with Crippen LogP contribution in [-0.4, -0.2) is 54.8 Å². The molecule has 1 saturated heterocycles.